The van der Waals surface area contributed by atoms with Crippen LogP contribution < -0.4 is 4.74 Å². The maximum absolute atomic E-state index is 14.1. The van der Waals surface area contributed by atoms with Crippen LogP contribution in [-0.4, -0.2) is 55.4 Å². The molecule has 1 aliphatic heterocycles. The number of hydrogen-bond acceptors (Lipinski definition) is 5. The molecule has 2 aromatic carbocycles. The number of hydrogen-bond donors (Lipinski definition) is 0. The zero-order valence-electron chi connectivity index (χ0n) is 18.0. The van der Waals surface area contributed by atoms with Gasteiger partial charge in [0.15, 0.2) is 5.78 Å². The average molecular weight is 449 g/mol. The lowest BCUT2D eigenvalue weighted by molar-refractivity contribution is -0.124. The van der Waals surface area contributed by atoms with Crippen molar-refractivity contribution in [3.8, 4) is 5.75 Å². The van der Waals surface area contributed by atoms with Crippen LogP contribution in [0.2, 0.25) is 0 Å². The molecule has 8 heteroatoms. The van der Waals surface area contributed by atoms with E-state index in [4.69, 9.17) is 4.74 Å². The summed E-state index contributed by atoms with van der Waals surface area (Å²) in [5.41, 5.74) is 1.24. The Labute approximate surface area is 185 Å². The third kappa shape index (κ3) is 6.09. The number of carbonyl (C=O) groups excluding carboxylic acids is 2. The molecule has 1 fully saturated rings. The maximum Gasteiger partial charge on any atom is 0.337 e. The van der Waals surface area contributed by atoms with Gasteiger partial charge in [-0.2, -0.15) is 0 Å². The molecule has 0 spiro atoms. The first-order valence-corrected chi connectivity index (χ1v) is 10.4. The molecule has 0 bridgehead atoms. The smallest absolute Gasteiger partial charge is 0.337 e. The first kappa shape index (κ1) is 23.8. The summed E-state index contributed by atoms with van der Waals surface area (Å²) in [6, 6.07) is 11.3. The Morgan fingerprint density at radius 3 is 2.41 bits per heavy atom. The lowest BCUT2D eigenvalue weighted by atomic mass is 9.92. The summed E-state index contributed by atoms with van der Waals surface area (Å²) in [7, 11) is 1.30. The largest absolute Gasteiger partial charge is 0.492 e. The van der Waals surface area contributed by atoms with E-state index in [1.807, 2.05) is 6.92 Å². The Morgan fingerprint density at radius 2 is 1.78 bits per heavy atom. The summed E-state index contributed by atoms with van der Waals surface area (Å²) in [5.74, 6) is -3.80. The summed E-state index contributed by atoms with van der Waals surface area (Å²) < 4.78 is 51.3. The predicted molar refractivity (Wildman–Crippen MR) is 113 cm³/mol. The fraction of sp³-hybridized carbons (Fsp3) is 0.417. The highest BCUT2D eigenvalue weighted by Crippen LogP contribution is 2.34. The minimum atomic E-state index is -2.94. The summed E-state index contributed by atoms with van der Waals surface area (Å²) in [4.78, 5) is 25.9. The quantitative estimate of drug-likeness (QED) is 0.529. The fourth-order valence-electron chi connectivity index (χ4n) is 3.87. The van der Waals surface area contributed by atoms with Crippen LogP contribution in [0.4, 0.5) is 13.2 Å². The molecule has 0 aromatic heterocycles. The van der Waals surface area contributed by atoms with Gasteiger partial charge in [-0.05, 0) is 47.9 Å². The topological polar surface area (TPSA) is 55.8 Å². The second kappa shape index (κ2) is 10.2. The predicted octanol–water partition coefficient (Wildman–Crippen LogP) is 4.46. The molecule has 0 saturated carbocycles. The number of rotatable bonds is 9. The number of benzene rings is 2. The molecule has 32 heavy (non-hydrogen) atoms. The van der Waals surface area contributed by atoms with Crippen LogP contribution in [0.1, 0.15) is 41.6 Å². The molecule has 5 nitrogen and oxygen atoms in total. The maximum atomic E-state index is 14.1. The summed E-state index contributed by atoms with van der Waals surface area (Å²) >= 11 is 0. The number of ether oxygens (including phenoxy) is 2. The SMILES string of the molecule is COC(=O)c1ccc([C@H](C)CC(=O)[C@H]2CC(F)(F)CN2CCOc2ccc(F)cc2)cc1. The molecule has 0 aliphatic carbocycles. The summed E-state index contributed by atoms with van der Waals surface area (Å²) in [6.07, 6.45) is -0.413. The van der Waals surface area contributed by atoms with Gasteiger partial charge < -0.3 is 9.47 Å². The second-order valence-corrected chi connectivity index (χ2v) is 8.03. The van der Waals surface area contributed by atoms with E-state index in [9.17, 15) is 22.8 Å². The monoisotopic (exact) mass is 449 g/mol. The van der Waals surface area contributed by atoms with Gasteiger partial charge in [0.2, 0.25) is 0 Å². The fourth-order valence-corrected chi connectivity index (χ4v) is 3.87. The Hall–Kier alpha value is -2.87. The number of esters is 1. The minimum absolute atomic E-state index is 0.105. The number of ketones is 1. The highest BCUT2D eigenvalue weighted by molar-refractivity contribution is 5.89. The van der Waals surface area contributed by atoms with Crippen LogP contribution in [-0.2, 0) is 9.53 Å². The van der Waals surface area contributed by atoms with Gasteiger partial charge in [-0.3, -0.25) is 9.69 Å². The number of likely N-dealkylation sites (tertiary alicyclic amines) is 1. The zero-order chi connectivity index (χ0) is 23.3. The van der Waals surface area contributed by atoms with Gasteiger partial charge in [-0.15, -0.1) is 0 Å². The van der Waals surface area contributed by atoms with Gasteiger partial charge >= 0.3 is 5.97 Å². The molecule has 3 rings (SSSR count). The van der Waals surface area contributed by atoms with Gasteiger partial charge in [-0.25, -0.2) is 18.0 Å². The third-order valence-corrected chi connectivity index (χ3v) is 5.61. The highest BCUT2D eigenvalue weighted by Gasteiger charge is 2.47. The summed E-state index contributed by atoms with van der Waals surface area (Å²) in [6.45, 7) is 1.61. The van der Waals surface area contributed by atoms with Crippen molar-refractivity contribution in [2.45, 2.75) is 37.6 Å². The van der Waals surface area contributed by atoms with Gasteiger partial charge in [0.1, 0.15) is 18.2 Å². The Bertz CT molecular complexity index is 931. The van der Waals surface area contributed by atoms with Crippen LogP contribution in [0.5, 0.6) is 5.75 Å². The van der Waals surface area contributed by atoms with Gasteiger partial charge in [0.05, 0.1) is 25.3 Å². The molecule has 172 valence electrons. The number of Topliss-reactive ketones (excluding diaryl/α,β-unsaturated/α-hetero) is 1. The van der Waals surface area contributed by atoms with Crippen molar-refractivity contribution < 1.29 is 32.2 Å². The van der Waals surface area contributed by atoms with E-state index in [0.29, 0.717) is 11.3 Å². The number of methoxy groups -OCH3 is 1. The van der Waals surface area contributed by atoms with E-state index in [-0.39, 0.29) is 31.3 Å². The minimum Gasteiger partial charge on any atom is -0.492 e. The van der Waals surface area contributed by atoms with Crippen LogP contribution in [0.25, 0.3) is 0 Å². The molecule has 1 aliphatic rings. The normalized spacial score (nSPS) is 18.8. The lowest BCUT2D eigenvalue weighted by Gasteiger charge is -2.24. The van der Waals surface area contributed by atoms with Crippen molar-refractivity contribution in [2.75, 3.05) is 26.8 Å². The Balaban J connectivity index is 1.58. The van der Waals surface area contributed by atoms with Crippen molar-refractivity contribution in [3.63, 3.8) is 0 Å². The average Bonchev–Trinajstić information content (AvgIpc) is 3.09. The van der Waals surface area contributed by atoms with Crippen molar-refractivity contribution in [2.24, 2.45) is 0 Å². The Kier molecular flexibility index (Phi) is 7.56. The summed E-state index contributed by atoms with van der Waals surface area (Å²) in [5, 5.41) is 0. The van der Waals surface area contributed by atoms with Crippen molar-refractivity contribution >= 4 is 11.8 Å². The molecule has 2 atom stereocenters. The first-order valence-electron chi connectivity index (χ1n) is 10.4. The van der Waals surface area contributed by atoms with Crippen molar-refractivity contribution in [1.29, 1.82) is 0 Å². The van der Waals surface area contributed by atoms with Crippen LogP contribution in [0.3, 0.4) is 0 Å². The van der Waals surface area contributed by atoms with E-state index in [2.05, 4.69) is 4.74 Å². The highest BCUT2D eigenvalue weighted by atomic mass is 19.3. The van der Waals surface area contributed by atoms with Crippen molar-refractivity contribution in [1.82, 2.24) is 4.90 Å². The van der Waals surface area contributed by atoms with Gasteiger partial charge in [0, 0.05) is 19.4 Å². The Morgan fingerprint density at radius 1 is 1.12 bits per heavy atom. The molecule has 0 radical (unpaired) electrons. The molecule has 1 heterocycles. The third-order valence-electron chi connectivity index (χ3n) is 5.61. The molecule has 0 N–H and O–H groups in total. The van der Waals surface area contributed by atoms with Gasteiger partial charge in [-0.1, -0.05) is 19.1 Å². The molecular weight excluding hydrogens is 423 g/mol. The molecular formula is C24H26F3NO4. The molecule has 0 amide bonds. The number of nitrogens with zero attached hydrogens (tertiary/aromatic N) is 1. The van der Waals surface area contributed by atoms with E-state index in [1.165, 1.54) is 36.3 Å². The van der Waals surface area contributed by atoms with E-state index in [1.54, 1.807) is 24.3 Å². The number of alkyl halides is 2. The van der Waals surface area contributed by atoms with E-state index >= 15 is 0 Å². The number of halogens is 3. The lowest BCUT2D eigenvalue weighted by Crippen LogP contribution is -2.39. The molecule has 0 unspecified atom stereocenters. The number of carbonyl (C=O) groups is 2. The first-order chi connectivity index (χ1) is 15.2. The second-order valence-electron chi connectivity index (χ2n) is 8.03. The van der Waals surface area contributed by atoms with Crippen LogP contribution >= 0.6 is 0 Å². The van der Waals surface area contributed by atoms with E-state index in [0.717, 1.165) is 5.56 Å². The van der Waals surface area contributed by atoms with Gasteiger partial charge in [0.25, 0.3) is 5.92 Å². The zero-order valence-corrected chi connectivity index (χ0v) is 18.0. The molecule has 1 saturated heterocycles. The van der Waals surface area contributed by atoms with E-state index < -0.39 is 36.7 Å². The van der Waals surface area contributed by atoms with Crippen LogP contribution in [0.15, 0.2) is 48.5 Å². The van der Waals surface area contributed by atoms with Crippen LogP contribution in [0, 0.1) is 5.82 Å². The molecule has 2 aromatic rings. The van der Waals surface area contributed by atoms with Crippen molar-refractivity contribution in [3.05, 3.63) is 65.5 Å². The standard InChI is InChI=1S/C24H26F3NO4/c1-16(17-3-5-18(6-4-17)23(30)31-2)13-22(29)21-14-24(26,27)15-28(21)11-12-32-20-9-7-19(25)8-10-20/h3-10,16,21H,11-15H2,1-2H3/t16-,21-/m1/s1.